The average Bonchev–Trinajstić information content (AvgIpc) is 2.89. The normalized spacial score (nSPS) is 15.5. The van der Waals surface area contributed by atoms with Gasteiger partial charge in [0.05, 0.1) is 12.7 Å². The molecule has 1 rings (SSSR count). The minimum Gasteiger partial charge on any atom is -0.550 e. The van der Waals surface area contributed by atoms with Crippen LogP contribution >= 0.6 is 0 Å². The first-order valence-electron chi connectivity index (χ1n) is 4.45. The Morgan fingerprint density at radius 3 is 1.33 bits per heavy atom. The summed E-state index contributed by atoms with van der Waals surface area (Å²) in [6, 6.07) is 0. The summed E-state index contributed by atoms with van der Waals surface area (Å²) >= 11 is 0. The summed E-state index contributed by atoms with van der Waals surface area (Å²) in [5, 5.41) is 18.5. The predicted octanol–water partition coefficient (Wildman–Crippen LogP) is -1.30. The zero-order valence-electron chi connectivity index (χ0n) is 9.12. The smallest absolute Gasteiger partial charge is 0.550 e. The molecule has 89 valence electrons. The van der Waals surface area contributed by atoms with Crippen molar-refractivity contribution in [1.82, 2.24) is 0 Å². The van der Waals surface area contributed by atoms with Crippen LogP contribution in [0.4, 0.5) is 0 Å². The molecule has 0 aromatic carbocycles. The number of ether oxygens (including phenoxy) is 1. The van der Waals surface area contributed by atoms with E-state index in [1.807, 2.05) is 0 Å². The van der Waals surface area contributed by atoms with Crippen molar-refractivity contribution in [2.75, 3.05) is 6.61 Å². The molecule has 5 nitrogen and oxygen atoms in total. The number of carbonyl (C=O) groups excluding carboxylic acids is 2. The van der Waals surface area contributed by atoms with E-state index in [0.717, 1.165) is 6.61 Å². The van der Waals surface area contributed by atoms with Crippen molar-refractivity contribution < 1.29 is 41.6 Å². The fraction of sp³-hybridized carbons (Fsp3) is 0.778. The molecule has 1 radical (unpaired) electrons. The Hall–Kier alpha value is -0.581. The van der Waals surface area contributed by atoms with Gasteiger partial charge in [-0.25, -0.2) is 0 Å². The van der Waals surface area contributed by atoms with Gasteiger partial charge in [0.2, 0.25) is 0 Å². The minimum atomic E-state index is -0.995. The van der Waals surface area contributed by atoms with Gasteiger partial charge in [0.25, 0.3) is 0 Å². The molecule has 0 amide bonds. The molecule has 0 aliphatic carbocycles. The van der Waals surface area contributed by atoms with Crippen LogP contribution in [-0.2, 0) is 31.4 Å². The Kier molecular flexibility index (Phi) is 17.8. The predicted molar refractivity (Wildman–Crippen MR) is 46.0 cm³/mol. The fourth-order valence-electron chi connectivity index (χ4n) is 0.0962. The first-order chi connectivity index (χ1) is 6.43. The summed E-state index contributed by atoms with van der Waals surface area (Å²) in [4.78, 5) is 18.5. The molecule has 1 saturated heterocycles. The summed E-state index contributed by atoms with van der Waals surface area (Å²) in [6.45, 7) is 6.12. The van der Waals surface area contributed by atoms with Gasteiger partial charge in [0.15, 0.2) is 0 Å². The van der Waals surface area contributed by atoms with E-state index in [-0.39, 0.29) is 29.9 Å². The third-order valence-electron chi connectivity index (χ3n) is 1.08. The van der Waals surface area contributed by atoms with Gasteiger partial charge in [0.1, 0.15) is 0 Å². The number of carboxylic acid groups (broad SMARTS) is 2. The van der Waals surface area contributed by atoms with Crippen molar-refractivity contribution in [2.24, 2.45) is 0 Å². The molecule has 0 N–H and O–H groups in total. The maximum absolute atomic E-state index is 9.26. The van der Waals surface area contributed by atoms with Crippen molar-refractivity contribution in [3.63, 3.8) is 0 Å². The van der Waals surface area contributed by atoms with Gasteiger partial charge in [-0.05, 0) is 19.8 Å². The minimum absolute atomic E-state index is 0. The number of hydrogen-bond acceptors (Lipinski definition) is 5. The number of epoxide rings is 1. The molecule has 1 atom stereocenters. The summed E-state index contributed by atoms with van der Waals surface area (Å²) in [6.07, 6.45) is 0.806. The molecule has 1 fully saturated rings. The second kappa shape index (κ2) is 13.4. The summed E-state index contributed by atoms with van der Waals surface area (Å²) < 4.78 is 4.71. The van der Waals surface area contributed by atoms with Gasteiger partial charge in [0, 0.05) is 11.9 Å². The van der Waals surface area contributed by atoms with Crippen LogP contribution in [0, 0.1) is 0 Å². The van der Waals surface area contributed by atoms with Crippen molar-refractivity contribution >= 4 is 11.9 Å². The van der Waals surface area contributed by atoms with E-state index >= 15 is 0 Å². The zero-order chi connectivity index (χ0) is 11.6. The third-order valence-corrected chi connectivity index (χ3v) is 1.08. The molecule has 0 bridgehead atoms. The Morgan fingerprint density at radius 1 is 1.20 bits per heavy atom. The standard InChI is InChI=1S/2C3H6O2.C3H6O.Mn/c2*1-2-3(4)5;1-3-2-4-3;/h2*2H2,1H3,(H,4,5);3H,2H2,1H3;/q;;;+2/p-2. The number of rotatable bonds is 2. The molecule has 1 aliphatic rings. The Labute approximate surface area is 100 Å². The van der Waals surface area contributed by atoms with E-state index in [9.17, 15) is 19.8 Å². The van der Waals surface area contributed by atoms with Gasteiger partial charge in [-0.15, -0.1) is 0 Å². The quantitative estimate of drug-likeness (QED) is 0.453. The molecule has 6 heteroatoms. The number of hydrogen-bond donors (Lipinski definition) is 0. The molecule has 0 saturated carbocycles. The van der Waals surface area contributed by atoms with Crippen LogP contribution in [0.1, 0.15) is 33.6 Å². The van der Waals surface area contributed by atoms with Crippen molar-refractivity contribution in [3.8, 4) is 0 Å². The molecule has 15 heavy (non-hydrogen) atoms. The first kappa shape index (κ1) is 19.9. The molecule has 1 unspecified atom stereocenters. The van der Waals surface area contributed by atoms with Crippen molar-refractivity contribution in [1.29, 1.82) is 0 Å². The molecule has 1 aliphatic heterocycles. The summed E-state index contributed by atoms with van der Waals surface area (Å²) in [5.74, 6) is -1.99. The Bertz CT molecular complexity index is 154. The first-order valence-corrected chi connectivity index (χ1v) is 4.45. The zero-order valence-corrected chi connectivity index (χ0v) is 10.3. The third kappa shape index (κ3) is 42.5. The van der Waals surface area contributed by atoms with Crippen LogP contribution in [0.5, 0.6) is 0 Å². The van der Waals surface area contributed by atoms with Crippen LogP contribution < -0.4 is 10.2 Å². The Balaban J connectivity index is -0.000000140. The van der Waals surface area contributed by atoms with Crippen LogP contribution in [0.2, 0.25) is 0 Å². The van der Waals surface area contributed by atoms with E-state index in [2.05, 4.69) is 6.92 Å². The van der Waals surface area contributed by atoms with E-state index in [1.165, 1.54) is 13.8 Å². The maximum atomic E-state index is 9.26. The second-order valence-corrected chi connectivity index (χ2v) is 2.60. The number of aliphatic carboxylic acids is 2. The van der Waals surface area contributed by atoms with Gasteiger partial charge in [-0.2, -0.15) is 0 Å². The van der Waals surface area contributed by atoms with Gasteiger partial charge in [-0.1, -0.05) is 13.8 Å². The molecule has 0 aromatic heterocycles. The average molecular weight is 259 g/mol. The SMILES string of the molecule is CC1CO1.CCC(=O)[O-].CCC(=O)[O-].[Mn+2]. The van der Waals surface area contributed by atoms with E-state index in [4.69, 9.17) is 4.74 Å². The van der Waals surface area contributed by atoms with Crippen molar-refractivity contribution in [2.45, 2.75) is 39.7 Å². The van der Waals surface area contributed by atoms with Gasteiger partial charge >= 0.3 is 17.1 Å². The molecular formula is C9H16MnO5. The Morgan fingerprint density at radius 2 is 1.33 bits per heavy atom. The maximum Gasteiger partial charge on any atom is 2.00 e. The van der Waals surface area contributed by atoms with Crippen LogP contribution in [-0.4, -0.2) is 24.6 Å². The molecule has 1 heterocycles. The molecule has 0 aromatic rings. The van der Waals surface area contributed by atoms with Crippen LogP contribution in [0.15, 0.2) is 0 Å². The van der Waals surface area contributed by atoms with Crippen molar-refractivity contribution in [3.05, 3.63) is 0 Å². The van der Waals surface area contributed by atoms with Crippen LogP contribution in [0.3, 0.4) is 0 Å². The fourth-order valence-corrected chi connectivity index (χ4v) is 0.0962. The number of carbonyl (C=O) groups is 2. The topological polar surface area (TPSA) is 92.8 Å². The second-order valence-electron chi connectivity index (χ2n) is 2.60. The summed E-state index contributed by atoms with van der Waals surface area (Å²) in [7, 11) is 0. The monoisotopic (exact) mass is 259 g/mol. The largest absolute Gasteiger partial charge is 2.00 e. The van der Waals surface area contributed by atoms with Crippen LogP contribution in [0.25, 0.3) is 0 Å². The molecule has 0 spiro atoms. The van der Waals surface area contributed by atoms with E-state index in [0.29, 0.717) is 6.10 Å². The van der Waals surface area contributed by atoms with Gasteiger partial charge in [-0.3, -0.25) is 0 Å². The van der Waals surface area contributed by atoms with E-state index in [1.54, 1.807) is 0 Å². The molecular weight excluding hydrogens is 243 g/mol. The van der Waals surface area contributed by atoms with Gasteiger partial charge < -0.3 is 24.5 Å². The number of carboxylic acids is 2. The van der Waals surface area contributed by atoms with E-state index < -0.39 is 11.9 Å². The summed E-state index contributed by atoms with van der Waals surface area (Å²) in [5.41, 5.74) is 0.